The molecule has 0 aliphatic carbocycles. The van der Waals surface area contributed by atoms with Crippen LogP contribution in [0, 0.1) is 13.8 Å². The van der Waals surface area contributed by atoms with E-state index in [1.165, 1.54) is 29.0 Å². The van der Waals surface area contributed by atoms with Gasteiger partial charge in [0.25, 0.3) is 5.91 Å². The van der Waals surface area contributed by atoms with E-state index in [0.29, 0.717) is 17.2 Å². The lowest BCUT2D eigenvalue weighted by atomic mass is 10.0. The third-order valence-electron chi connectivity index (χ3n) is 5.85. The van der Waals surface area contributed by atoms with E-state index < -0.39 is 10.0 Å². The van der Waals surface area contributed by atoms with Crippen LogP contribution < -0.4 is 5.32 Å². The Bertz CT molecular complexity index is 1230. The van der Waals surface area contributed by atoms with Gasteiger partial charge in [-0.1, -0.05) is 30.2 Å². The molecule has 6 nitrogen and oxygen atoms in total. The molecule has 1 N–H and O–H groups in total. The van der Waals surface area contributed by atoms with Gasteiger partial charge in [-0.3, -0.25) is 10.1 Å². The molecule has 2 heterocycles. The van der Waals surface area contributed by atoms with E-state index in [-0.39, 0.29) is 16.8 Å². The standard InChI is InChI=1S/C24H27N3O3S2/c1-16-7-12-21(17(2)14-16)22-15-31-24(25-22)26-23(28)19-8-10-20(11-9-19)32(29,30)27-13-5-4-6-18(27)3/h7-12,14-15,18H,4-6,13H2,1-3H3,(H,25,26,28). The number of hydrogen-bond acceptors (Lipinski definition) is 5. The highest BCUT2D eigenvalue weighted by atomic mass is 32.2. The van der Waals surface area contributed by atoms with E-state index in [2.05, 4.69) is 16.4 Å². The van der Waals surface area contributed by atoms with Crippen LogP contribution in [0.15, 0.2) is 52.7 Å². The van der Waals surface area contributed by atoms with Crippen LogP contribution in [0.5, 0.6) is 0 Å². The number of nitrogens with one attached hydrogen (secondary N) is 1. The van der Waals surface area contributed by atoms with Crippen molar-refractivity contribution >= 4 is 32.4 Å². The fraction of sp³-hybridized carbons (Fsp3) is 0.333. The lowest BCUT2D eigenvalue weighted by Crippen LogP contribution is -2.41. The number of thiazole rings is 1. The van der Waals surface area contributed by atoms with Gasteiger partial charge in [0.05, 0.1) is 10.6 Å². The van der Waals surface area contributed by atoms with Crippen LogP contribution in [0.3, 0.4) is 0 Å². The molecule has 1 fully saturated rings. The Morgan fingerprint density at radius 2 is 1.88 bits per heavy atom. The number of carbonyl (C=O) groups is 1. The third-order valence-corrected chi connectivity index (χ3v) is 8.63. The molecule has 0 saturated carbocycles. The first-order valence-electron chi connectivity index (χ1n) is 10.7. The van der Waals surface area contributed by atoms with Crippen LogP contribution in [0.1, 0.15) is 47.7 Å². The van der Waals surface area contributed by atoms with Crippen molar-refractivity contribution < 1.29 is 13.2 Å². The van der Waals surface area contributed by atoms with Crippen molar-refractivity contribution in [2.75, 3.05) is 11.9 Å². The first-order valence-corrected chi connectivity index (χ1v) is 13.0. The minimum Gasteiger partial charge on any atom is -0.298 e. The zero-order chi connectivity index (χ0) is 22.9. The molecule has 1 amide bonds. The quantitative estimate of drug-likeness (QED) is 0.554. The van der Waals surface area contributed by atoms with Crippen LogP contribution in [0.2, 0.25) is 0 Å². The van der Waals surface area contributed by atoms with Gasteiger partial charge in [-0.15, -0.1) is 11.3 Å². The van der Waals surface area contributed by atoms with Gasteiger partial charge in [0.2, 0.25) is 10.0 Å². The molecule has 2 aromatic carbocycles. The number of nitrogens with zero attached hydrogens (tertiary/aromatic N) is 2. The van der Waals surface area contributed by atoms with Crippen LogP contribution in [0.4, 0.5) is 5.13 Å². The third kappa shape index (κ3) is 4.62. The Morgan fingerprint density at radius 3 is 2.56 bits per heavy atom. The number of carbonyl (C=O) groups excluding carboxylic acids is 1. The molecule has 1 atom stereocenters. The summed E-state index contributed by atoms with van der Waals surface area (Å²) < 4.78 is 27.5. The molecule has 1 unspecified atom stereocenters. The van der Waals surface area contributed by atoms with Crippen molar-refractivity contribution in [3.8, 4) is 11.3 Å². The Kier molecular flexibility index (Phi) is 6.46. The normalized spacial score (nSPS) is 17.3. The minimum atomic E-state index is -3.56. The van der Waals surface area contributed by atoms with E-state index in [0.717, 1.165) is 36.1 Å². The van der Waals surface area contributed by atoms with Crippen molar-refractivity contribution in [3.63, 3.8) is 0 Å². The summed E-state index contributed by atoms with van der Waals surface area (Å²) in [5.74, 6) is -0.318. The summed E-state index contributed by atoms with van der Waals surface area (Å²) in [6, 6.07) is 12.3. The second kappa shape index (κ2) is 9.13. The zero-order valence-electron chi connectivity index (χ0n) is 18.5. The maximum atomic E-state index is 13.0. The maximum absolute atomic E-state index is 13.0. The number of sulfonamides is 1. The molecule has 168 valence electrons. The molecule has 3 aromatic rings. The summed E-state index contributed by atoms with van der Waals surface area (Å²) in [7, 11) is -3.56. The van der Waals surface area contributed by atoms with Crippen molar-refractivity contribution in [3.05, 3.63) is 64.5 Å². The fourth-order valence-electron chi connectivity index (χ4n) is 4.07. The number of rotatable bonds is 5. The molecule has 4 rings (SSSR count). The second-order valence-corrected chi connectivity index (χ2v) is 11.0. The monoisotopic (exact) mass is 469 g/mol. The summed E-state index contributed by atoms with van der Waals surface area (Å²) in [5, 5.41) is 5.24. The van der Waals surface area contributed by atoms with Crippen molar-refractivity contribution in [2.24, 2.45) is 0 Å². The van der Waals surface area contributed by atoms with Crippen molar-refractivity contribution in [1.82, 2.24) is 9.29 Å². The van der Waals surface area contributed by atoms with Crippen molar-refractivity contribution in [2.45, 2.75) is 51.0 Å². The molecule has 1 saturated heterocycles. The topological polar surface area (TPSA) is 79.4 Å². The van der Waals surface area contributed by atoms with E-state index in [1.54, 1.807) is 16.4 Å². The van der Waals surface area contributed by atoms with Gasteiger partial charge in [0.15, 0.2) is 5.13 Å². The first-order chi connectivity index (χ1) is 15.3. The average molecular weight is 470 g/mol. The largest absolute Gasteiger partial charge is 0.298 e. The van der Waals surface area contributed by atoms with Gasteiger partial charge in [-0.25, -0.2) is 13.4 Å². The summed E-state index contributed by atoms with van der Waals surface area (Å²) in [5.41, 5.74) is 4.57. The van der Waals surface area contributed by atoms with Crippen LogP contribution in [-0.4, -0.2) is 36.2 Å². The van der Waals surface area contributed by atoms with E-state index >= 15 is 0 Å². The van der Waals surface area contributed by atoms with Crippen molar-refractivity contribution in [1.29, 1.82) is 0 Å². The van der Waals surface area contributed by atoms with Crippen LogP contribution in [-0.2, 0) is 10.0 Å². The highest BCUT2D eigenvalue weighted by Crippen LogP contribution is 2.29. The highest BCUT2D eigenvalue weighted by Gasteiger charge is 2.30. The van der Waals surface area contributed by atoms with Gasteiger partial charge in [0.1, 0.15) is 0 Å². The predicted octanol–water partition coefficient (Wildman–Crippen LogP) is 5.24. The number of anilines is 1. The number of benzene rings is 2. The molecule has 8 heteroatoms. The second-order valence-electron chi connectivity index (χ2n) is 8.30. The Morgan fingerprint density at radius 1 is 1.12 bits per heavy atom. The van der Waals surface area contributed by atoms with E-state index in [9.17, 15) is 13.2 Å². The van der Waals surface area contributed by atoms with Gasteiger partial charge in [0, 0.05) is 29.1 Å². The lowest BCUT2D eigenvalue weighted by Gasteiger charge is -2.32. The number of aryl methyl sites for hydroxylation is 2. The van der Waals surface area contributed by atoms with Crippen LogP contribution in [0.25, 0.3) is 11.3 Å². The lowest BCUT2D eigenvalue weighted by molar-refractivity contribution is 0.102. The predicted molar refractivity (Wildman–Crippen MR) is 129 cm³/mol. The first kappa shape index (κ1) is 22.6. The fourth-order valence-corrected chi connectivity index (χ4v) is 6.47. The minimum absolute atomic E-state index is 0.00649. The molecule has 0 spiro atoms. The summed E-state index contributed by atoms with van der Waals surface area (Å²) >= 11 is 1.36. The Hall–Kier alpha value is -2.55. The smallest absolute Gasteiger partial charge is 0.257 e. The Balaban J connectivity index is 1.47. The van der Waals surface area contributed by atoms with E-state index in [4.69, 9.17) is 0 Å². The number of piperidine rings is 1. The zero-order valence-corrected chi connectivity index (χ0v) is 20.1. The summed E-state index contributed by atoms with van der Waals surface area (Å²) in [6.07, 6.45) is 2.80. The molecular weight excluding hydrogens is 442 g/mol. The molecule has 1 aromatic heterocycles. The van der Waals surface area contributed by atoms with Gasteiger partial charge in [-0.05, 0) is 63.4 Å². The van der Waals surface area contributed by atoms with Gasteiger partial charge in [-0.2, -0.15) is 4.31 Å². The molecule has 1 aliphatic heterocycles. The maximum Gasteiger partial charge on any atom is 0.257 e. The molecule has 0 radical (unpaired) electrons. The van der Waals surface area contributed by atoms with E-state index in [1.807, 2.05) is 38.3 Å². The summed E-state index contributed by atoms with van der Waals surface area (Å²) in [6.45, 7) is 6.57. The SMILES string of the molecule is Cc1ccc(-c2csc(NC(=O)c3ccc(S(=O)(=O)N4CCCCC4C)cc3)n2)c(C)c1. The van der Waals surface area contributed by atoms with Gasteiger partial charge < -0.3 is 0 Å². The molecule has 0 bridgehead atoms. The number of hydrogen-bond donors (Lipinski definition) is 1. The highest BCUT2D eigenvalue weighted by molar-refractivity contribution is 7.89. The summed E-state index contributed by atoms with van der Waals surface area (Å²) in [4.78, 5) is 17.4. The van der Waals surface area contributed by atoms with Crippen LogP contribution >= 0.6 is 11.3 Å². The number of amides is 1. The number of aromatic nitrogens is 1. The van der Waals surface area contributed by atoms with Gasteiger partial charge >= 0.3 is 0 Å². The Labute approximate surface area is 193 Å². The molecule has 1 aliphatic rings. The average Bonchev–Trinajstić information content (AvgIpc) is 3.22. The molecule has 32 heavy (non-hydrogen) atoms. The molecular formula is C24H27N3O3S2.